The molecular weight excluding hydrogens is 218 g/mol. The molecule has 2 amide bonds. The van der Waals surface area contributed by atoms with Crippen LogP contribution in [0.25, 0.3) is 0 Å². The van der Waals surface area contributed by atoms with Gasteiger partial charge in [0.1, 0.15) is 0 Å². The molecule has 17 heavy (non-hydrogen) atoms. The van der Waals surface area contributed by atoms with Crippen LogP contribution < -0.4 is 5.32 Å². The van der Waals surface area contributed by atoms with Crippen molar-refractivity contribution in [1.82, 2.24) is 15.1 Å². The van der Waals surface area contributed by atoms with Crippen LogP contribution >= 0.6 is 0 Å². The van der Waals surface area contributed by atoms with E-state index < -0.39 is 0 Å². The van der Waals surface area contributed by atoms with Gasteiger partial charge in [0.25, 0.3) is 0 Å². The van der Waals surface area contributed by atoms with Crippen molar-refractivity contribution in [2.45, 2.75) is 26.7 Å². The van der Waals surface area contributed by atoms with Crippen molar-refractivity contribution in [3.63, 3.8) is 0 Å². The first-order valence-corrected chi connectivity index (χ1v) is 6.09. The molecule has 0 aromatic rings. The van der Waals surface area contributed by atoms with Crippen LogP contribution in [-0.4, -0.2) is 61.9 Å². The highest BCUT2D eigenvalue weighted by Crippen LogP contribution is 1.89. The summed E-state index contributed by atoms with van der Waals surface area (Å²) in [5.74, 6) is 0.209. The van der Waals surface area contributed by atoms with Gasteiger partial charge in [-0.05, 0) is 25.9 Å². The van der Waals surface area contributed by atoms with Gasteiger partial charge in [-0.3, -0.25) is 9.59 Å². The van der Waals surface area contributed by atoms with Crippen molar-refractivity contribution in [3.05, 3.63) is 0 Å². The van der Waals surface area contributed by atoms with Gasteiger partial charge in [0, 0.05) is 41.0 Å². The fraction of sp³-hybridized carbons (Fsp3) is 0.833. The highest BCUT2D eigenvalue weighted by atomic mass is 16.2. The quantitative estimate of drug-likeness (QED) is 0.624. The maximum Gasteiger partial charge on any atom is 0.219 e. The maximum absolute atomic E-state index is 10.9. The van der Waals surface area contributed by atoms with Crippen LogP contribution in [0.4, 0.5) is 0 Å². The Morgan fingerprint density at radius 3 is 1.53 bits per heavy atom. The van der Waals surface area contributed by atoms with Gasteiger partial charge >= 0.3 is 0 Å². The van der Waals surface area contributed by atoms with E-state index in [9.17, 15) is 9.59 Å². The zero-order valence-corrected chi connectivity index (χ0v) is 11.5. The topological polar surface area (TPSA) is 52.7 Å². The van der Waals surface area contributed by atoms with Crippen LogP contribution in [0.2, 0.25) is 0 Å². The first-order chi connectivity index (χ1) is 7.95. The zero-order chi connectivity index (χ0) is 13.3. The maximum atomic E-state index is 10.9. The van der Waals surface area contributed by atoms with E-state index in [2.05, 4.69) is 5.32 Å². The second-order valence-electron chi connectivity index (χ2n) is 4.34. The molecule has 0 saturated carbocycles. The van der Waals surface area contributed by atoms with E-state index in [1.165, 1.54) is 0 Å². The van der Waals surface area contributed by atoms with Gasteiger partial charge in [0.2, 0.25) is 11.8 Å². The molecule has 0 atom stereocenters. The fourth-order valence-corrected chi connectivity index (χ4v) is 1.32. The summed E-state index contributed by atoms with van der Waals surface area (Å²) in [6, 6.07) is 0. The molecule has 1 N–H and O–H groups in total. The van der Waals surface area contributed by atoms with Crippen molar-refractivity contribution < 1.29 is 9.59 Å². The number of hydrogen-bond acceptors (Lipinski definition) is 3. The Hall–Kier alpha value is -1.10. The molecule has 0 aromatic carbocycles. The van der Waals surface area contributed by atoms with E-state index >= 15 is 0 Å². The molecule has 100 valence electrons. The Kier molecular flexibility index (Phi) is 8.40. The lowest BCUT2D eigenvalue weighted by Gasteiger charge is -2.16. The molecule has 0 fully saturated rings. The monoisotopic (exact) mass is 243 g/mol. The third kappa shape index (κ3) is 8.68. The smallest absolute Gasteiger partial charge is 0.219 e. The minimum absolute atomic E-state index is 0.105. The number of amides is 2. The summed E-state index contributed by atoms with van der Waals surface area (Å²) in [5.41, 5.74) is 0. The molecule has 0 aliphatic heterocycles. The third-order valence-corrected chi connectivity index (χ3v) is 2.77. The average Bonchev–Trinajstić information content (AvgIpc) is 2.26. The van der Waals surface area contributed by atoms with Crippen molar-refractivity contribution in [1.29, 1.82) is 0 Å². The minimum atomic E-state index is 0.105. The molecule has 0 rings (SSSR count). The van der Waals surface area contributed by atoms with E-state index in [-0.39, 0.29) is 11.8 Å². The zero-order valence-electron chi connectivity index (χ0n) is 11.5. The minimum Gasteiger partial charge on any atom is -0.346 e. The third-order valence-electron chi connectivity index (χ3n) is 2.77. The molecule has 0 saturated heterocycles. The number of rotatable bonds is 8. The SMILES string of the molecule is CC(=O)N(C)CCCNCCCN(C)C(C)=O. The number of nitrogens with one attached hydrogen (secondary N) is 1. The van der Waals surface area contributed by atoms with Gasteiger partial charge in [-0.2, -0.15) is 0 Å². The van der Waals surface area contributed by atoms with Gasteiger partial charge in [0.15, 0.2) is 0 Å². The molecule has 0 aromatic heterocycles. The van der Waals surface area contributed by atoms with Gasteiger partial charge < -0.3 is 15.1 Å². The summed E-state index contributed by atoms with van der Waals surface area (Å²) in [6.07, 6.45) is 1.91. The predicted molar refractivity (Wildman–Crippen MR) is 68.7 cm³/mol. The van der Waals surface area contributed by atoms with Gasteiger partial charge in [-0.15, -0.1) is 0 Å². The van der Waals surface area contributed by atoms with E-state index in [4.69, 9.17) is 0 Å². The highest BCUT2D eigenvalue weighted by molar-refractivity contribution is 5.73. The number of hydrogen-bond donors (Lipinski definition) is 1. The first-order valence-electron chi connectivity index (χ1n) is 6.09. The molecule has 0 radical (unpaired) electrons. The summed E-state index contributed by atoms with van der Waals surface area (Å²) in [4.78, 5) is 25.3. The largest absolute Gasteiger partial charge is 0.346 e. The molecule has 0 aliphatic carbocycles. The standard InChI is InChI=1S/C12H25N3O2/c1-11(16)14(3)9-5-7-13-8-6-10-15(4)12(2)17/h13H,5-10H2,1-4H3. The van der Waals surface area contributed by atoms with Crippen LogP contribution in [0, 0.1) is 0 Å². The van der Waals surface area contributed by atoms with Crippen LogP contribution in [0.3, 0.4) is 0 Å². The van der Waals surface area contributed by atoms with E-state index in [1.807, 2.05) is 14.1 Å². The summed E-state index contributed by atoms with van der Waals surface area (Å²) < 4.78 is 0. The average molecular weight is 243 g/mol. The lowest BCUT2D eigenvalue weighted by atomic mass is 10.3. The molecular formula is C12H25N3O2. The molecule has 0 unspecified atom stereocenters. The summed E-state index contributed by atoms with van der Waals surface area (Å²) >= 11 is 0. The summed E-state index contributed by atoms with van der Waals surface area (Å²) in [7, 11) is 3.62. The molecule has 0 spiro atoms. The Morgan fingerprint density at radius 1 is 0.882 bits per heavy atom. The van der Waals surface area contributed by atoms with Crippen LogP contribution in [0.15, 0.2) is 0 Å². The van der Waals surface area contributed by atoms with Crippen LogP contribution in [-0.2, 0) is 9.59 Å². The van der Waals surface area contributed by atoms with Gasteiger partial charge in [0.05, 0.1) is 0 Å². The fourth-order valence-electron chi connectivity index (χ4n) is 1.32. The van der Waals surface area contributed by atoms with Crippen LogP contribution in [0.1, 0.15) is 26.7 Å². The molecule has 0 aliphatic rings. The van der Waals surface area contributed by atoms with E-state index in [0.29, 0.717) is 0 Å². The number of carbonyl (C=O) groups is 2. The lowest BCUT2D eigenvalue weighted by Crippen LogP contribution is -2.30. The van der Waals surface area contributed by atoms with Gasteiger partial charge in [-0.25, -0.2) is 0 Å². The normalized spacial score (nSPS) is 10.1. The second kappa shape index (κ2) is 8.98. The second-order valence-corrected chi connectivity index (χ2v) is 4.34. The van der Waals surface area contributed by atoms with Crippen LogP contribution in [0.5, 0.6) is 0 Å². The number of nitrogens with zero attached hydrogens (tertiary/aromatic N) is 2. The highest BCUT2D eigenvalue weighted by Gasteiger charge is 2.01. The summed E-state index contributed by atoms with van der Waals surface area (Å²) in [6.45, 7) is 6.53. The molecule has 0 bridgehead atoms. The van der Waals surface area contributed by atoms with Crippen molar-refractivity contribution >= 4 is 11.8 Å². The molecule has 0 heterocycles. The van der Waals surface area contributed by atoms with Crippen molar-refractivity contribution in [2.75, 3.05) is 40.3 Å². The van der Waals surface area contributed by atoms with Gasteiger partial charge in [-0.1, -0.05) is 0 Å². The Balaban J connectivity index is 3.30. The number of carbonyl (C=O) groups excluding carboxylic acids is 2. The summed E-state index contributed by atoms with van der Waals surface area (Å²) in [5, 5.41) is 3.30. The Bertz CT molecular complexity index is 220. The Morgan fingerprint density at radius 2 is 1.24 bits per heavy atom. The Labute approximate surface area is 104 Å². The lowest BCUT2D eigenvalue weighted by molar-refractivity contribution is -0.128. The predicted octanol–water partition coefficient (Wildman–Crippen LogP) is 0.313. The van der Waals surface area contributed by atoms with Crippen molar-refractivity contribution in [2.24, 2.45) is 0 Å². The van der Waals surface area contributed by atoms with Crippen molar-refractivity contribution in [3.8, 4) is 0 Å². The molecule has 5 heteroatoms. The first kappa shape index (κ1) is 15.9. The van der Waals surface area contributed by atoms with E-state index in [1.54, 1.807) is 23.6 Å². The molecule has 5 nitrogen and oxygen atoms in total. The van der Waals surface area contributed by atoms with E-state index in [0.717, 1.165) is 39.0 Å².